The molecule has 0 radical (unpaired) electrons. The predicted octanol–water partition coefficient (Wildman–Crippen LogP) is 0.207. The van der Waals surface area contributed by atoms with E-state index in [2.05, 4.69) is 4.90 Å². The number of carbonyl (C=O) groups is 4. The third-order valence-electron chi connectivity index (χ3n) is 6.05. The smallest absolute Gasteiger partial charge is 0.326 e. The van der Waals surface area contributed by atoms with E-state index in [0.717, 1.165) is 25.9 Å². The molecule has 0 spiro atoms. The lowest BCUT2D eigenvalue weighted by atomic mass is 10.2. The molecule has 3 heterocycles. The molecule has 3 saturated heterocycles. The molecule has 3 rings (SSSR count). The van der Waals surface area contributed by atoms with Crippen molar-refractivity contribution < 1.29 is 19.2 Å². The van der Waals surface area contributed by atoms with Crippen LogP contribution in [0, 0.1) is 0 Å². The lowest BCUT2D eigenvalue weighted by molar-refractivity contribution is -0.135. The molecular weight excluding hydrogens is 374 g/mol. The molecule has 9 nitrogen and oxygen atoms in total. The van der Waals surface area contributed by atoms with E-state index in [1.54, 1.807) is 7.05 Å². The van der Waals surface area contributed by atoms with Gasteiger partial charge in [-0.05, 0) is 19.3 Å². The van der Waals surface area contributed by atoms with E-state index in [0.29, 0.717) is 45.6 Å². The Balaban J connectivity index is 1.34. The summed E-state index contributed by atoms with van der Waals surface area (Å²) in [5.41, 5.74) is 0. The molecule has 0 aliphatic carbocycles. The SMILES string of the molecule is CN1CC(=O)N(CCCC(=O)N2CCN(CC(=O)N3CCCCCC3)CC2)C1=O. The Kier molecular flexibility index (Phi) is 7.46. The molecule has 0 saturated carbocycles. The number of likely N-dealkylation sites (N-methyl/N-ethyl adjacent to an activating group) is 1. The summed E-state index contributed by atoms with van der Waals surface area (Å²) in [5, 5.41) is 0. The van der Waals surface area contributed by atoms with Gasteiger partial charge in [-0.1, -0.05) is 12.8 Å². The number of nitrogens with zero attached hydrogens (tertiary/aromatic N) is 5. The maximum absolute atomic E-state index is 12.5. The average Bonchev–Trinajstić information content (AvgIpc) is 2.91. The van der Waals surface area contributed by atoms with Crippen molar-refractivity contribution in [3.05, 3.63) is 0 Å². The van der Waals surface area contributed by atoms with Gasteiger partial charge in [-0.2, -0.15) is 0 Å². The summed E-state index contributed by atoms with van der Waals surface area (Å²) >= 11 is 0. The Morgan fingerprint density at radius 3 is 2.03 bits per heavy atom. The monoisotopic (exact) mass is 407 g/mol. The highest BCUT2D eigenvalue weighted by atomic mass is 16.2. The summed E-state index contributed by atoms with van der Waals surface area (Å²) in [5.74, 6) is 0.0557. The normalized spacial score (nSPS) is 21.7. The van der Waals surface area contributed by atoms with Gasteiger partial charge in [0.15, 0.2) is 0 Å². The van der Waals surface area contributed by atoms with Gasteiger partial charge in [0.2, 0.25) is 17.7 Å². The molecule has 0 aromatic rings. The first-order valence-corrected chi connectivity index (χ1v) is 10.8. The van der Waals surface area contributed by atoms with Crippen LogP contribution in [-0.4, -0.2) is 114 Å². The van der Waals surface area contributed by atoms with E-state index in [1.165, 1.54) is 22.6 Å². The number of likely N-dealkylation sites (tertiary alicyclic amines) is 1. The summed E-state index contributed by atoms with van der Waals surface area (Å²) in [6, 6.07) is -0.287. The summed E-state index contributed by atoms with van der Waals surface area (Å²) in [7, 11) is 1.60. The van der Waals surface area contributed by atoms with Crippen molar-refractivity contribution in [2.24, 2.45) is 0 Å². The van der Waals surface area contributed by atoms with Gasteiger partial charge >= 0.3 is 6.03 Å². The molecule has 0 atom stereocenters. The third kappa shape index (κ3) is 5.68. The number of rotatable bonds is 6. The summed E-state index contributed by atoms with van der Waals surface area (Å²) in [6.45, 7) is 5.24. The molecule has 3 aliphatic rings. The van der Waals surface area contributed by atoms with Crippen LogP contribution in [0.4, 0.5) is 4.79 Å². The number of hydrogen-bond donors (Lipinski definition) is 0. The highest BCUT2D eigenvalue weighted by Crippen LogP contribution is 2.12. The van der Waals surface area contributed by atoms with Crippen molar-refractivity contribution in [1.29, 1.82) is 0 Å². The van der Waals surface area contributed by atoms with E-state index >= 15 is 0 Å². The summed E-state index contributed by atoms with van der Waals surface area (Å²) in [4.78, 5) is 57.1. The van der Waals surface area contributed by atoms with Crippen LogP contribution in [-0.2, 0) is 14.4 Å². The van der Waals surface area contributed by atoms with Gasteiger partial charge < -0.3 is 14.7 Å². The van der Waals surface area contributed by atoms with Crippen LogP contribution in [0.3, 0.4) is 0 Å². The second-order valence-corrected chi connectivity index (χ2v) is 8.24. The van der Waals surface area contributed by atoms with Gasteiger partial charge in [-0.3, -0.25) is 24.2 Å². The van der Waals surface area contributed by atoms with Crippen LogP contribution in [0.25, 0.3) is 0 Å². The highest BCUT2D eigenvalue weighted by molar-refractivity contribution is 6.01. The lowest BCUT2D eigenvalue weighted by Crippen LogP contribution is -2.51. The zero-order chi connectivity index (χ0) is 20.8. The number of imide groups is 1. The summed E-state index contributed by atoms with van der Waals surface area (Å²) < 4.78 is 0. The molecule has 0 bridgehead atoms. The fraction of sp³-hybridized carbons (Fsp3) is 0.800. The van der Waals surface area contributed by atoms with Crippen LogP contribution in [0.5, 0.6) is 0 Å². The number of urea groups is 1. The Hall–Kier alpha value is -2.16. The van der Waals surface area contributed by atoms with Crippen LogP contribution in [0.15, 0.2) is 0 Å². The van der Waals surface area contributed by atoms with Gasteiger partial charge in [0.1, 0.15) is 6.54 Å². The van der Waals surface area contributed by atoms with E-state index in [9.17, 15) is 19.2 Å². The van der Waals surface area contributed by atoms with Crippen LogP contribution in [0.1, 0.15) is 38.5 Å². The second kappa shape index (κ2) is 10.0. The first-order chi connectivity index (χ1) is 14.0. The fourth-order valence-electron chi connectivity index (χ4n) is 4.20. The van der Waals surface area contributed by atoms with Crippen molar-refractivity contribution in [1.82, 2.24) is 24.5 Å². The van der Waals surface area contributed by atoms with E-state index in [1.807, 2.05) is 9.80 Å². The van der Waals surface area contributed by atoms with Gasteiger partial charge in [-0.15, -0.1) is 0 Å². The zero-order valence-corrected chi connectivity index (χ0v) is 17.5. The van der Waals surface area contributed by atoms with Crippen molar-refractivity contribution in [3.63, 3.8) is 0 Å². The number of amides is 5. The van der Waals surface area contributed by atoms with Crippen molar-refractivity contribution in [2.45, 2.75) is 38.5 Å². The van der Waals surface area contributed by atoms with Crippen LogP contribution < -0.4 is 0 Å². The molecule has 0 N–H and O–H groups in total. The molecule has 5 amide bonds. The largest absolute Gasteiger partial charge is 0.342 e. The highest BCUT2D eigenvalue weighted by Gasteiger charge is 2.33. The standard InChI is InChI=1S/C20H33N5O4/c1-21-15-19(28)25(20(21)29)10-6-7-17(26)24-13-11-22(12-14-24)16-18(27)23-8-4-2-3-5-9-23/h2-16H2,1H3. The summed E-state index contributed by atoms with van der Waals surface area (Å²) in [6.07, 6.45) is 5.42. The van der Waals surface area contributed by atoms with Gasteiger partial charge in [0, 0.05) is 59.3 Å². The number of carbonyl (C=O) groups excluding carboxylic acids is 4. The molecule has 3 aliphatic heterocycles. The number of piperazine rings is 1. The topological polar surface area (TPSA) is 84.5 Å². The minimum Gasteiger partial charge on any atom is -0.342 e. The molecule has 0 unspecified atom stereocenters. The van der Waals surface area contributed by atoms with E-state index < -0.39 is 0 Å². The second-order valence-electron chi connectivity index (χ2n) is 8.24. The van der Waals surface area contributed by atoms with Crippen LogP contribution in [0.2, 0.25) is 0 Å². The molecule has 0 aromatic carbocycles. The van der Waals surface area contributed by atoms with Gasteiger partial charge in [-0.25, -0.2) is 4.79 Å². The van der Waals surface area contributed by atoms with E-state index in [4.69, 9.17) is 0 Å². The molecule has 9 heteroatoms. The molecule has 162 valence electrons. The Labute approximate surface area is 172 Å². The molecule has 3 fully saturated rings. The maximum Gasteiger partial charge on any atom is 0.326 e. The Morgan fingerprint density at radius 2 is 1.45 bits per heavy atom. The minimum absolute atomic E-state index is 0.0518. The zero-order valence-electron chi connectivity index (χ0n) is 17.5. The minimum atomic E-state index is -0.287. The van der Waals surface area contributed by atoms with Gasteiger partial charge in [0.05, 0.1) is 6.54 Å². The Bertz CT molecular complexity index is 624. The molecule has 29 heavy (non-hydrogen) atoms. The lowest BCUT2D eigenvalue weighted by Gasteiger charge is -2.35. The fourth-order valence-corrected chi connectivity index (χ4v) is 4.20. The van der Waals surface area contributed by atoms with Crippen molar-refractivity contribution in [2.75, 3.05) is 66.0 Å². The van der Waals surface area contributed by atoms with E-state index in [-0.39, 0.29) is 36.8 Å². The van der Waals surface area contributed by atoms with Crippen molar-refractivity contribution in [3.8, 4) is 0 Å². The average molecular weight is 408 g/mol. The third-order valence-corrected chi connectivity index (χ3v) is 6.05. The van der Waals surface area contributed by atoms with Gasteiger partial charge in [0.25, 0.3) is 0 Å². The van der Waals surface area contributed by atoms with Crippen LogP contribution >= 0.6 is 0 Å². The first-order valence-electron chi connectivity index (χ1n) is 10.8. The quantitative estimate of drug-likeness (QED) is 0.588. The molecular formula is C20H33N5O4. The maximum atomic E-state index is 12.5. The first kappa shape index (κ1) is 21.5. The Morgan fingerprint density at radius 1 is 0.828 bits per heavy atom. The molecule has 0 aromatic heterocycles. The number of hydrogen-bond acceptors (Lipinski definition) is 5. The predicted molar refractivity (Wildman–Crippen MR) is 107 cm³/mol. The van der Waals surface area contributed by atoms with Crippen molar-refractivity contribution >= 4 is 23.8 Å².